The first-order valence-corrected chi connectivity index (χ1v) is 8.54. The van der Waals surface area contributed by atoms with Crippen molar-refractivity contribution in [2.24, 2.45) is 0 Å². The summed E-state index contributed by atoms with van der Waals surface area (Å²) in [6, 6.07) is 5.98. The molecule has 0 amide bonds. The van der Waals surface area contributed by atoms with Gasteiger partial charge in [-0.25, -0.2) is 4.98 Å². The molecule has 6 heteroatoms. The van der Waals surface area contributed by atoms with Crippen LogP contribution in [0.3, 0.4) is 0 Å². The number of hydrogen-bond acceptors (Lipinski definition) is 5. The van der Waals surface area contributed by atoms with Gasteiger partial charge in [0, 0.05) is 11.3 Å². The molecule has 1 aromatic heterocycles. The van der Waals surface area contributed by atoms with Crippen LogP contribution >= 0.6 is 11.3 Å². The van der Waals surface area contributed by atoms with Gasteiger partial charge >= 0.3 is 5.97 Å². The number of carboxylic acids is 1. The molecular formula is C17H20N2O3S. The molecule has 0 radical (unpaired) electrons. The summed E-state index contributed by atoms with van der Waals surface area (Å²) in [5.74, 6) is 0.235. The molecule has 1 aliphatic carbocycles. The Labute approximate surface area is 139 Å². The zero-order valence-electron chi connectivity index (χ0n) is 13.0. The highest BCUT2D eigenvalue weighted by Crippen LogP contribution is 2.37. The van der Waals surface area contributed by atoms with E-state index in [4.69, 9.17) is 15.6 Å². The van der Waals surface area contributed by atoms with E-state index in [1.54, 1.807) is 0 Å². The van der Waals surface area contributed by atoms with E-state index in [0.29, 0.717) is 11.7 Å². The summed E-state index contributed by atoms with van der Waals surface area (Å²) in [6.07, 6.45) is 2.77. The number of hydrogen-bond donors (Lipinski definition) is 2. The minimum Gasteiger partial charge on any atom is -0.493 e. The summed E-state index contributed by atoms with van der Waals surface area (Å²) in [4.78, 5) is 16.3. The maximum Gasteiger partial charge on any atom is 0.303 e. The number of benzene rings is 1. The maximum absolute atomic E-state index is 10.9. The minimum absolute atomic E-state index is 0.136. The maximum atomic E-state index is 10.9. The first-order valence-electron chi connectivity index (χ1n) is 7.72. The number of nitrogens with zero attached hydrogens (tertiary/aromatic N) is 1. The third kappa shape index (κ3) is 3.64. The van der Waals surface area contributed by atoms with Gasteiger partial charge in [-0.2, -0.15) is 0 Å². The second-order valence-electron chi connectivity index (χ2n) is 5.85. The smallest absolute Gasteiger partial charge is 0.303 e. The van der Waals surface area contributed by atoms with Crippen molar-refractivity contribution < 1.29 is 14.6 Å². The molecule has 1 unspecified atom stereocenters. The molecule has 2 aromatic rings. The average Bonchev–Trinajstić information content (AvgIpc) is 3.02. The Kier molecular flexibility index (Phi) is 4.52. The van der Waals surface area contributed by atoms with Gasteiger partial charge in [0.1, 0.15) is 5.75 Å². The molecule has 23 heavy (non-hydrogen) atoms. The van der Waals surface area contributed by atoms with Gasteiger partial charge in [-0.1, -0.05) is 6.07 Å². The number of rotatable bonds is 6. The summed E-state index contributed by atoms with van der Waals surface area (Å²) in [5.41, 5.74) is 9.06. The van der Waals surface area contributed by atoms with Crippen LogP contribution in [0.4, 0.5) is 5.13 Å². The van der Waals surface area contributed by atoms with Crippen LogP contribution in [-0.2, 0) is 17.6 Å². The fourth-order valence-corrected chi connectivity index (χ4v) is 3.88. The van der Waals surface area contributed by atoms with E-state index >= 15 is 0 Å². The molecule has 0 aliphatic heterocycles. The lowest BCUT2D eigenvalue weighted by Gasteiger charge is -2.10. The van der Waals surface area contributed by atoms with Gasteiger partial charge in [-0.05, 0) is 48.9 Å². The van der Waals surface area contributed by atoms with E-state index in [1.807, 2.05) is 25.1 Å². The van der Waals surface area contributed by atoms with Crippen molar-refractivity contribution in [3.63, 3.8) is 0 Å². The quantitative estimate of drug-likeness (QED) is 0.848. The van der Waals surface area contributed by atoms with Crippen LogP contribution in [0.1, 0.15) is 40.5 Å². The van der Waals surface area contributed by atoms with Crippen molar-refractivity contribution in [3.05, 3.63) is 39.9 Å². The number of ether oxygens (including phenoxy) is 1. The molecule has 1 aromatic carbocycles. The molecule has 0 bridgehead atoms. The van der Waals surface area contributed by atoms with Crippen molar-refractivity contribution in [1.82, 2.24) is 4.98 Å². The topological polar surface area (TPSA) is 85.4 Å². The van der Waals surface area contributed by atoms with Gasteiger partial charge in [0.15, 0.2) is 5.13 Å². The number of nitrogens with two attached hydrogens (primary N) is 1. The molecule has 0 saturated carbocycles. The fourth-order valence-electron chi connectivity index (χ4n) is 3.14. The van der Waals surface area contributed by atoms with E-state index in [1.165, 1.54) is 16.9 Å². The SMILES string of the molecule is Cc1sc(N)nc1CCOc1ccc2c(c1)CCC2CC(=O)O. The number of fused-ring (bicyclic) bond motifs is 1. The van der Waals surface area contributed by atoms with Crippen molar-refractivity contribution in [3.8, 4) is 5.75 Å². The highest BCUT2D eigenvalue weighted by atomic mass is 32.1. The highest BCUT2D eigenvalue weighted by Gasteiger charge is 2.24. The molecular weight excluding hydrogens is 312 g/mol. The molecule has 0 saturated heterocycles. The van der Waals surface area contributed by atoms with Crippen molar-refractivity contribution in [1.29, 1.82) is 0 Å². The Balaban J connectivity index is 1.60. The fraction of sp³-hybridized carbons (Fsp3) is 0.412. The van der Waals surface area contributed by atoms with E-state index in [-0.39, 0.29) is 12.3 Å². The Bertz CT molecular complexity index is 727. The van der Waals surface area contributed by atoms with Crippen LogP contribution in [0.15, 0.2) is 18.2 Å². The Morgan fingerprint density at radius 1 is 1.52 bits per heavy atom. The molecule has 5 nitrogen and oxygen atoms in total. The average molecular weight is 332 g/mol. The van der Waals surface area contributed by atoms with Crippen LogP contribution in [0.2, 0.25) is 0 Å². The number of aliphatic carboxylic acids is 1. The number of nitrogen functional groups attached to an aromatic ring is 1. The number of carboxylic acid groups (broad SMARTS) is 1. The number of carbonyl (C=O) groups is 1. The summed E-state index contributed by atoms with van der Waals surface area (Å²) < 4.78 is 5.82. The van der Waals surface area contributed by atoms with Crippen LogP contribution < -0.4 is 10.5 Å². The monoisotopic (exact) mass is 332 g/mol. The number of anilines is 1. The second-order valence-corrected chi connectivity index (χ2v) is 7.08. The van der Waals surface area contributed by atoms with Crippen LogP contribution in [0, 0.1) is 6.92 Å². The van der Waals surface area contributed by atoms with Crippen LogP contribution in [-0.4, -0.2) is 22.7 Å². The zero-order valence-corrected chi connectivity index (χ0v) is 13.9. The standard InChI is InChI=1S/C17H20N2O3S/c1-10-15(19-17(18)23-10)6-7-22-13-4-5-14-11(8-13)2-3-12(14)9-16(20)21/h4-5,8,12H,2-3,6-7,9H2,1H3,(H2,18,19)(H,20,21). The predicted molar refractivity (Wildman–Crippen MR) is 90.2 cm³/mol. The van der Waals surface area contributed by atoms with E-state index in [0.717, 1.165) is 41.1 Å². The molecule has 1 heterocycles. The van der Waals surface area contributed by atoms with Crippen molar-refractivity contribution in [2.75, 3.05) is 12.3 Å². The zero-order chi connectivity index (χ0) is 16.4. The van der Waals surface area contributed by atoms with Crippen LogP contribution in [0.25, 0.3) is 0 Å². The van der Waals surface area contributed by atoms with E-state index in [2.05, 4.69) is 4.98 Å². The number of aromatic nitrogens is 1. The second kappa shape index (κ2) is 6.58. The minimum atomic E-state index is -0.735. The highest BCUT2D eigenvalue weighted by molar-refractivity contribution is 7.15. The Hall–Kier alpha value is -2.08. The molecule has 1 atom stereocenters. The lowest BCUT2D eigenvalue weighted by atomic mass is 9.98. The first kappa shape index (κ1) is 15.8. The van der Waals surface area contributed by atoms with Crippen molar-refractivity contribution >= 4 is 22.4 Å². The van der Waals surface area contributed by atoms with Gasteiger partial charge in [0.25, 0.3) is 0 Å². The number of thiazole rings is 1. The molecule has 122 valence electrons. The van der Waals surface area contributed by atoms with E-state index in [9.17, 15) is 4.79 Å². The molecule has 3 N–H and O–H groups in total. The lowest BCUT2D eigenvalue weighted by Crippen LogP contribution is -2.04. The largest absolute Gasteiger partial charge is 0.493 e. The van der Waals surface area contributed by atoms with Gasteiger partial charge < -0.3 is 15.6 Å². The van der Waals surface area contributed by atoms with Gasteiger partial charge in [0.2, 0.25) is 0 Å². The van der Waals surface area contributed by atoms with Gasteiger partial charge in [0.05, 0.1) is 18.7 Å². The normalized spacial score (nSPS) is 16.3. The van der Waals surface area contributed by atoms with Gasteiger partial charge in [-0.3, -0.25) is 4.79 Å². The summed E-state index contributed by atoms with van der Waals surface area (Å²) >= 11 is 1.50. The van der Waals surface area contributed by atoms with Crippen molar-refractivity contribution in [2.45, 2.75) is 38.5 Å². The van der Waals surface area contributed by atoms with E-state index < -0.39 is 5.97 Å². The first-order chi connectivity index (χ1) is 11.0. The summed E-state index contributed by atoms with van der Waals surface area (Å²) in [7, 11) is 0. The lowest BCUT2D eigenvalue weighted by molar-refractivity contribution is -0.137. The number of aryl methyl sites for hydroxylation is 2. The Morgan fingerprint density at radius 3 is 3.04 bits per heavy atom. The summed E-state index contributed by atoms with van der Waals surface area (Å²) in [5, 5.41) is 9.56. The summed E-state index contributed by atoms with van der Waals surface area (Å²) in [6.45, 7) is 2.57. The molecule has 0 spiro atoms. The van der Waals surface area contributed by atoms with Gasteiger partial charge in [-0.15, -0.1) is 11.3 Å². The molecule has 3 rings (SSSR count). The van der Waals surface area contributed by atoms with Crippen LogP contribution in [0.5, 0.6) is 5.75 Å². The molecule has 1 aliphatic rings. The predicted octanol–water partition coefficient (Wildman–Crippen LogP) is 3.16. The third-order valence-corrected chi connectivity index (χ3v) is 5.10. The Morgan fingerprint density at radius 2 is 2.35 bits per heavy atom. The third-order valence-electron chi connectivity index (χ3n) is 4.25. The molecule has 0 fully saturated rings.